The third-order valence-corrected chi connectivity index (χ3v) is 6.87. The molecule has 0 radical (unpaired) electrons. The highest BCUT2D eigenvalue weighted by Gasteiger charge is 2.37. The van der Waals surface area contributed by atoms with Crippen LogP contribution in [-0.4, -0.2) is 5.91 Å². The zero-order chi connectivity index (χ0) is 21.7. The molecule has 0 bridgehead atoms. The van der Waals surface area contributed by atoms with Crippen molar-refractivity contribution < 1.29 is 13.6 Å². The average molecular weight is 454 g/mol. The Kier molecular flexibility index (Phi) is 4.84. The first kappa shape index (κ1) is 19.8. The van der Waals surface area contributed by atoms with E-state index in [2.05, 4.69) is 0 Å². The molecule has 4 aromatic rings. The molecule has 1 unspecified atom stereocenters. The van der Waals surface area contributed by atoms with E-state index < -0.39 is 23.0 Å². The van der Waals surface area contributed by atoms with Crippen LogP contribution >= 0.6 is 22.9 Å². The highest BCUT2D eigenvalue weighted by atomic mass is 35.5. The molecule has 0 saturated carbocycles. The highest BCUT2D eigenvalue weighted by molar-refractivity contribution is 7.22. The Bertz CT molecular complexity index is 1400. The van der Waals surface area contributed by atoms with Gasteiger partial charge in [0.15, 0.2) is 5.43 Å². The van der Waals surface area contributed by atoms with Crippen LogP contribution in [0.1, 0.15) is 23.5 Å². The van der Waals surface area contributed by atoms with Gasteiger partial charge in [0, 0.05) is 33.7 Å². The van der Waals surface area contributed by atoms with Gasteiger partial charge in [-0.25, -0.2) is 8.78 Å². The number of benzene rings is 3. The maximum atomic E-state index is 14.7. The normalized spacial score (nSPS) is 15.9. The van der Waals surface area contributed by atoms with Crippen molar-refractivity contribution in [2.45, 2.75) is 12.3 Å². The average Bonchev–Trinajstić information content (AvgIpc) is 2.76. The molecule has 3 nitrogen and oxygen atoms in total. The van der Waals surface area contributed by atoms with Gasteiger partial charge in [0.05, 0.1) is 5.02 Å². The van der Waals surface area contributed by atoms with Crippen molar-refractivity contribution >= 4 is 49.6 Å². The van der Waals surface area contributed by atoms with Gasteiger partial charge >= 0.3 is 0 Å². The van der Waals surface area contributed by atoms with Gasteiger partial charge in [0.1, 0.15) is 16.6 Å². The van der Waals surface area contributed by atoms with Gasteiger partial charge in [-0.3, -0.25) is 14.5 Å². The van der Waals surface area contributed by atoms with E-state index in [1.807, 2.05) is 6.07 Å². The lowest BCUT2D eigenvalue weighted by Gasteiger charge is -2.33. The summed E-state index contributed by atoms with van der Waals surface area (Å²) in [5.74, 6) is -2.22. The second kappa shape index (κ2) is 7.55. The highest BCUT2D eigenvalue weighted by Crippen LogP contribution is 2.46. The Labute approximate surface area is 185 Å². The van der Waals surface area contributed by atoms with Gasteiger partial charge in [-0.15, -0.1) is 11.3 Å². The van der Waals surface area contributed by atoms with Gasteiger partial charge < -0.3 is 0 Å². The third-order valence-electron chi connectivity index (χ3n) is 5.42. The molecule has 0 saturated heterocycles. The first-order valence-electron chi connectivity index (χ1n) is 9.54. The summed E-state index contributed by atoms with van der Waals surface area (Å²) in [7, 11) is 0. The maximum Gasteiger partial charge on any atom is 0.233 e. The van der Waals surface area contributed by atoms with Gasteiger partial charge in [0.2, 0.25) is 5.91 Å². The molecule has 0 N–H and O–H groups in total. The molecule has 1 aliphatic heterocycles. The number of amides is 1. The van der Waals surface area contributed by atoms with Crippen LogP contribution in [0.4, 0.5) is 19.5 Å². The number of carbonyl (C=O) groups is 1. The molecule has 31 heavy (non-hydrogen) atoms. The topological polar surface area (TPSA) is 37.4 Å². The summed E-state index contributed by atoms with van der Waals surface area (Å²) in [5, 5.41) is 0.451. The number of carbonyl (C=O) groups excluding carboxylic acids is 1. The number of anilines is 2. The standard InChI is InChI=1S/C24H14ClF2NO2S/c25-17-12-20-16(10-19(17)27)23(30)22-15(14-8-4-5-9-18(14)26)11-21(29)28(24(22)31-20)13-6-2-1-3-7-13/h1-10,12,15H,11H2. The van der Waals surface area contributed by atoms with Crippen molar-refractivity contribution in [3.63, 3.8) is 0 Å². The molecule has 3 aromatic carbocycles. The van der Waals surface area contributed by atoms with Crippen LogP contribution in [0.2, 0.25) is 5.02 Å². The first-order valence-corrected chi connectivity index (χ1v) is 10.7. The maximum absolute atomic E-state index is 14.7. The second-order valence-electron chi connectivity index (χ2n) is 7.26. The molecule has 2 heterocycles. The number of hydrogen-bond acceptors (Lipinski definition) is 3. The van der Waals surface area contributed by atoms with E-state index in [4.69, 9.17) is 11.6 Å². The van der Waals surface area contributed by atoms with Gasteiger partial charge in [0.25, 0.3) is 0 Å². The molecular formula is C24H14ClF2NO2S. The predicted octanol–water partition coefficient (Wildman–Crippen LogP) is 6.39. The quantitative estimate of drug-likeness (QED) is 0.352. The summed E-state index contributed by atoms with van der Waals surface area (Å²) in [6, 6.07) is 17.5. The molecule has 1 aromatic heterocycles. The molecule has 5 rings (SSSR count). The fourth-order valence-electron chi connectivity index (χ4n) is 4.01. The van der Waals surface area contributed by atoms with Gasteiger partial charge in [-0.2, -0.15) is 0 Å². The zero-order valence-electron chi connectivity index (χ0n) is 15.9. The second-order valence-corrected chi connectivity index (χ2v) is 8.69. The number of rotatable bonds is 2. The fraction of sp³-hybridized carbons (Fsp3) is 0.0833. The van der Waals surface area contributed by atoms with E-state index in [9.17, 15) is 18.4 Å². The van der Waals surface area contributed by atoms with Crippen LogP contribution in [0, 0.1) is 11.6 Å². The van der Waals surface area contributed by atoms with Crippen LogP contribution in [0.15, 0.2) is 71.5 Å². The van der Waals surface area contributed by atoms with Crippen molar-refractivity contribution in [1.82, 2.24) is 0 Å². The van der Waals surface area contributed by atoms with Crippen molar-refractivity contribution in [3.05, 3.63) is 105 Å². The van der Waals surface area contributed by atoms with Gasteiger partial charge in [-0.05, 0) is 35.9 Å². The minimum Gasteiger partial charge on any atom is -0.289 e. The minimum atomic E-state index is -0.768. The summed E-state index contributed by atoms with van der Waals surface area (Å²) < 4.78 is 29.3. The van der Waals surface area contributed by atoms with E-state index in [1.54, 1.807) is 42.5 Å². The Morgan fingerprint density at radius 2 is 1.65 bits per heavy atom. The van der Waals surface area contributed by atoms with E-state index in [0.717, 1.165) is 6.07 Å². The smallest absolute Gasteiger partial charge is 0.233 e. The molecule has 7 heteroatoms. The zero-order valence-corrected chi connectivity index (χ0v) is 17.5. The number of fused-ring (bicyclic) bond motifs is 2. The summed E-state index contributed by atoms with van der Waals surface area (Å²) in [5.41, 5.74) is 0.723. The summed E-state index contributed by atoms with van der Waals surface area (Å²) >= 11 is 7.12. The monoisotopic (exact) mass is 453 g/mol. The molecule has 1 amide bonds. The molecule has 0 aliphatic carbocycles. The van der Waals surface area contributed by atoms with Crippen molar-refractivity contribution in [1.29, 1.82) is 0 Å². The molecule has 1 atom stereocenters. The van der Waals surface area contributed by atoms with Crippen LogP contribution in [0.5, 0.6) is 0 Å². The summed E-state index contributed by atoms with van der Waals surface area (Å²) in [6.07, 6.45) is -0.0770. The van der Waals surface area contributed by atoms with E-state index in [1.165, 1.54) is 28.4 Å². The van der Waals surface area contributed by atoms with Crippen LogP contribution in [0.25, 0.3) is 10.1 Å². The Balaban J connectivity index is 1.86. The van der Waals surface area contributed by atoms with Gasteiger partial charge in [-0.1, -0.05) is 48.0 Å². The SMILES string of the molecule is O=C1CC(c2ccccc2F)c2c(sc3cc(Cl)c(F)cc3c2=O)N1c1ccccc1. The van der Waals surface area contributed by atoms with E-state index in [-0.39, 0.29) is 33.9 Å². The van der Waals surface area contributed by atoms with Crippen LogP contribution in [0.3, 0.4) is 0 Å². The van der Waals surface area contributed by atoms with Crippen molar-refractivity contribution in [2.75, 3.05) is 4.90 Å². The number of nitrogens with zero attached hydrogens (tertiary/aromatic N) is 1. The predicted molar refractivity (Wildman–Crippen MR) is 120 cm³/mol. The number of hydrogen-bond donors (Lipinski definition) is 0. The van der Waals surface area contributed by atoms with Crippen LogP contribution < -0.4 is 10.3 Å². The Morgan fingerprint density at radius 1 is 0.935 bits per heavy atom. The molecule has 154 valence electrons. The largest absolute Gasteiger partial charge is 0.289 e. The first-order chi connectivity index (χ1) is 15.0. The molecule has 0 spiro atoms. The van der Waals surface area contributed by atoms with E-state index in [0.29, 0.717) is 15.4 Å². The van der Waals surface area contributed by atoms with Crippen molar-refractivity contribution in [3.8, 4) is 0 Å². The lowest BCUT2D eigenvalue weighted by Crippen LogP contribution is -2.36. The minimum absolute atomic E-state index is 0.0770. The Hall–Kier alpha value is -3.09. The lowest BCUT2D eigenvalue weighted by molar-refractivity contribution is -0.118. The number of halogens is 3. The lowest BCUT2D eigenvalue weighted by atomic mass is 9.85. The molecule has 1 aliphatic rings. The summed E-state index contributed by atoms with van der Waals surface area (Å²) in [4.78, 5) is 28.3. The summed E-state index contributed by atoms with van der Waals surface area (Å²) in [6.45, 7) is 0. The Morgan fingerprint density at radius 3 is 2.39 bits per heavy atom. The molecular weight excluding hydrogens is 440 g/mol. The van der Waals surface area contributed by atoms with Crippen molar-refractivity contribution in [2.24, 2.45) is 0 Å². The van der Waals surface area contributed by atoms with Crippen LogP contribution in [-0.2, 0) is 4.79 Å². The fourth-order valence-corrected chi connectivity index (χ4v) is 5.53. The number of para-hydroxylation sites is 1. The molecule has 0 fully saturated rings. The third kappa shape index (κ3) is 3.23. The van der Waals surface area contributed by atoms with E-state index >= 15 is 0 Å².